The number of anilines is 1. The van der Waals surface area contributed by atoms with E-state index >= 15 is 0 Å². The summed E-state index contributed by atoms with van der Waals surface area (Å²) in [6.45, 7) is 4.97. The lowest BCUT2D eigenvalue weighted by atomic mass is 9.89. The molecular formula is C25H33N3O3S. The molecule has 1 aliphatic rings. The molecule has 1 aromatic heterocycles. The van der Waals surface area contributed by atoms with E-state index in [2.05, 4.69) is 4.57 Å². The number of nitrogens with zero attached hydrogens (tertiary/aromatic N) is 3. The molecule has 2 aromatic carbocycles. The normalized spacial score (nSPS) is 15.9. The number of hydrogen-bond acceptors (Lipinski definition) is 4. The van der Waals surface area contributed by atoms with Gasteiger partial charge in [0, 0.05) is 20.7 Å². The van der Waals surface area contributed by atoms with Crippen LogP contribution in [-0.2, 0) is 26.9 Å². The fraction of sp³-hybridized carbons (Fsp3) is 0.480. The van der Waals surface area contributed by atoms with Gasteiger partial charge in [-0.3, -0.25) is 4.31 Å². The van der Waals surface area contributed by atoms with Crippen LogP contribution in [0.1, 0.15) is 51.8 Å². The topological polar surface area (TPSA) is 64.4 Å². The summed E-state index contributed by atoms with van der Waals surface area (Å²) in [7, 11) is -0.356. The minimum absolute atomic E-state index is 0.270. The molecule has 4 rings (SSSR count). The minimum Gasteiger partial charge on any atom is -0.371 e. The molecule has 0 atom stereocenters. The average molecular weight is 456 g/mol. The minimum atomic E-state index is -3.65. The Morgan fingerprint density at radius 2 is 1.78 bits per heavy atom. The highest BCUT2D eigenvalue weighted by Gasteiger charge is 2.29. The van der Waals surface area contributed by atoms with Gasteiger partial charge in [0.15, 0.2) is 0 Å². The zero-order valence-corrected chi connectivity index (χ0v) is 20.2. The number of sulfonamides is 1. The number of rotatable bonds is 7. The SMILES string of the molecule is COC(C)(C)c1nc2cc(N(C)S(=O)(=O)c3ccccc3)ccc2n1CC1CCCCC1. The molecule has 0 spiro atoms. The molecule has 0 bridgehead atoms. The number of benzene rings is 2. The Labute approximate surface area is 191 Å². The van der Waals surface area contributed by atoms with Crippen LogP contribution < -0.4 is 4.31 Å². The van der Waals surface area contributed by atoms with Crippen LogP contribution in [0.25, 0.3) is 11.0 Å². The highest BCUT2D eigenvalue weighted by atomic mass is 32.2. The van der Waals surface area contributed by atoms with Crippen LogP contribution in [0.4, 0.5) is 5.69 Å². The quantitative estimate of drug-likeness (QED) is 0.483. The number of aromatic nitrogens is 2. The summed E-state index contributed by atoms with van der Waals surface area (Å²) in [5.74, 6) is 1.51. The van der Waals surface area contributed by atoms with E-state index in [0.29, 0.717) is 11.6 Å². The van der Waals surface area contributed by atoms with Crippen molar-refractivity contribution in [2.75, 3.05) is 18.5 Å². The molecule has 172 valence electrons. The van der Waals surface area contributed by atoms with Gasteiger partial charge in [-0.25, -0.2) is 13.4 Å². The predicted molar refractivity (Wildman–Crippen MR) is 128 cm³/mol. The molecule has 1 fully saturated rings. The predicted octanol–water partition coefficient (Wildman–Crippen LogP) is 5.32. The monoisotopic (exact) mass is 455 g/mol. The van der Waals surface area contributed by atoms with Gasteiger partial charge in [-0.1, -0.05) is 37.5 Å². The fourth-order valence-corrected chi connectivity index (χ4v) is 5.78. The van der Waals surface area contributed by atoms with Crippen LogP contribution in [0.2, 0.25) is 0 Å². The number of imidazole rings is 1. The highest BCUT2D eigenvalue weighted by Crippen LogP contribution is 2.33. The van der Waals surface area contributed by atoms with E-state index in [-0.39, 0.29) is 4.90 Å². The first-order chi connectivity index (χ1) is 15.2. The molecule has 1 saturated carbocycles. The van der Waals surface area contributed by atoms with Gasteiger partial charge in [0.05, 0.1) is 21.6 Å². The maximum absolute atomic E-state index is 13.1. The second-order valence-corrected chi connectivity index (χ2v) is 11.2. The molecule has 0 saturated heterocycles. The third kappa shape index (κ3) is 4.28. The first-order valence-electron chi connectivity index (χ1n) is 11.3. The van der Waals surface area contributed by atoms with Gasteiger partial charge in [0.25, 0.3) is 10.0 Å². The van der Waals surface area contributed by atoms with E-state index in [1.54, 1.807) is 38.4 Å². The Bertz CT molecular complexity index is 1180. The Morgan fingerprint density at radius 1 is 1.09 bits per heavy atom. The first-order valence-corrected chi connectivity index (χ1v) is 12.8. The third-order valence-electron chi connectivity index (χ3n) is 6.71. The van der Waals surface area contributed by atoms with Crippen molar-refractivity contribution in [2.24, 2.45) is 5.92 Å². The van der Waals surface area contributed by atoms with Crippen molar-refractivity contribution in [3.05, 3.63) is 54.4 Å². The molecule has 0 unspecified atom stereocenters. The Morgan fingerprint density at radius 3 is 2.44 bits per heavy atom. The maximum atomic E-state index is 13.1. The number of hydrogen-bond donors (Lipinski definition) is 0. The Balaban J connectivity index is 1.75. The zero-order valence-electron chi connectivity index (χ0n) is 19.4. The van der Waals surface area contributed by atoms with Gasteiger partial charge in [-0.2, -0.15) is 0 Å². The molecule has 32 heavy (non-hydrogen) atoms. The summed E-state index contributed by atoms with van der Waals surface area (Å²) in [5.41, 5.74) is 1.85. The molecule has 0 aliphatic heterocycles. The van der Waals surface area contributed by atoms with Gasteiger partial charge in [0.2, 0.25) is 0 Å². The second-order valence-electron chi connectivity index (χ2n) is 9.22. The summed E-state index contributed by atoms with van der Waals surface area (Å²) < 4.78 is 35.6. The molecule has 7 heteroatoms. The van der Waals surface area contributed by atoms with E-state index in [0.717, 1.165) is 23.4 Å². The number of ether oxygens (including phenoxy) is 1. The molecule has 1 aliphatic carbocycles. The van der Waals surface area contributed by atoms with Gasteiger partial charge < -0.3 is 9.30 Å². The summed E-state index contributed by atoms with van der Waals surface area (Å²) in [6, 6.07) is 14.2. The van der Waals surface area contributed by atoms with Crippen LogP contribution in [0.5, 0.6) is 0 Å². The first kappa shape index (κ1) is 22.8. The van der Waals surface area contributed by atoms with Crippen molar-refractivity contribution in [1.82, 2.24) is 9.55 Å². The molecule has 0 N–H and O–H groups in total. The van der Waals surface area contributed by atoms with Crippen LogP contribution in [0.15, 0.2) is 53.4 Å². The van der Waals surface area contributed by atoms with Crippen molar-refractivity contribution in [2.45, 2.75) is 63.0 Å². The maximum Gasteiger partial charge on any atom is 0.264 e. The van der Waals surface area contributed by atoms with Crippen molar-refractivity contribution in [1.29, 1.82) is 0 Å². The lowest BCUT2D eigenvalue weighted by Gasteiger charge is -2.27. The Kier molecular flexibility index (Phi) is 6.32. The largest absolute Gasteiger partial charge is 0.371 e. The second kappa shape index (κ2) is 8.87. The molecular weight excluding hydrogens is 422 g/mol. The van der Waals surface area contributed by atoms with E-state index in [1.807, 2.05) is 38.1 Å². The summed E-state index contributed by atoms with van der Waals surface area (Å²) in [4.78, 5) is 5.21. The standard InChI is InChI=1S/C25H33N3O3S/c1-25(2,31-4)24-26-22-17-20(27(3)32(29,30)21-13-9-6-10-14-21)15-16-23(22)28(24)18-19-11-7-5-8-12-19/h6,9-10,13-17,19H,5,7-8,11-12,18H2,1-4H3. The zero-order chi connectivity index (χ0) is 22.9. The molecule has 0 amide bonds. The highest BCUT2D eigenvalue weighted by molar-refractivity contribution is 7.92. The van der Waals surface area contributed by atoms with Crippen molar-refractivity contribution in [3.63, 3.8) is 0 Å². The third-order valence-corrected chi connectivity index (χ3v) is 8.51. The Hall–Kier alpha value is -2.38. The van der Waals surface area contributed by atoms with Gasteiger partial charge in [-0.15, -0.1) is 0 Å². The number of methoxy groups -OCH3 is 1. The van der Waals surface area contributed by atoms with Gasteiger partial charge in [0.1, 0.15) is 11.4 Å². The van der Waals surface area contributed by atoms with Gasteiger partial charge in [-0.05, 0) is 62.9 Å². The molecule has 6 nitrogen and oxygen atoms in total. The van der Waals surface area contributed by atoms with E-state index in [1.165, 1.54) is 36.4 Å². The number of fused-ring (bicyclic) bond motifs is 1. The van der Waals surface area contributed by atoms with E-state index in [4.69, 9.17) is 9.72 Å². The van der Waals surface area contributed by atoms with Crippen molar-refractivity contribution in [3.8, 4) is 0 Å². The molecule has 3 aromatic rings. The van der Waals surface area contributed by atoms with Gasteiger partial charge >= 0.3 is 0 Å². The van der Waals surface area contributed by atoms with E-state index in [9.17, 15) is 8.42 Å². The smallest absolute Gasteiger partial charge is 0.264 e. The van der Waals surface area contributed by atoms with E-state index < -0.39 is 15.6 Å². The van der Waals surface area contributed by atoms with Crippen molar-refractivity contribution >= 4 is 26.7 Å². The lowest BCUT2D eigenvalue weighted by molar-refractivity contribution is 0.00818. The fourth-order valence-electron chi connectivity index (χ4n) is 4.57. The molecule has 0 radical (unpaired) electrons. The lowest BCUT2D eigenvalue weighted by Crippen LogP contribution is -2.27. The molecule has 1 heterocycles. The van der Waals surface area contributed by atoms with Crippen LogP contribution in [-0.4, -0.2) is 32.1 Å². The van der Waals surface area contributed by atoms with Crippen LogP contribution >= 0.6 is 0 Å². The average Bonchev–Trinajstić information content (AvgIpc) is 3.18. The van der Waals surface area contributed by atoms with Crippen LogP contribution in [0.3, 0.4) is 0 Å². The summed E-state index contributed by atoms with van der Waals surface area (Å²) in [6.07, 6.45) is 6.37. The summed E-state index contributed by atoms with van der Waals surface area (Å²) in [5, 5.41) is 0. The summed E-state index contributed by atoms with van der Waals surface area (Å²) >= 11 is 0. The van der Waals surface area contributed by atoms with Crippen molar-refractivity contribution < 1.29 is 13.2 Å². The van der Waals surface area contributed by atoms with Crippen LogP contribution in [0, 0.1) is 5.92 Å².